The average molecular weight is 462 g/mol. The molecule has 0 saturated carbocycles. The van der Waals surface area contributed by atoms with Crippen LogP contribution in [0.5, 0.6) is 11.5 Å². The predicted molar refractivity (Wildman–Crippen MR) is 98.5 cm³/mol. The van der Waals surface area contributed by atoms with Gasteiger partial charge < -0.3 is 14.8 Å². The topological polar surface area (TPSA) is 30.5 Å². The van der Waals surface area contributed by atoms with Gasteiger partial charge >= 0.3 is 0 Å². The molecule has 1 N–H and O–H groups in total. The Morgan fingerprint density at radius 3 is 2.52 bits per heavy atom. The molecule has 0 aliphatic rings. The fraction of sp³-hybridized carbons (Fsp3) is 0.250. The van der Waals surface area contributed by atoms with Crippen LogP contribution in [0.15, 0.2) is 34.8 Å². The highest BCUT2D eigenvalue weighted by Gasteiger charge is 2.10. The second kappa shape index (κ2) is 7.35. The Bertz CT molecular complexity index is 646. The monoisotopic (exact) mass is 461 g/mol. The number of halogens is 2. The second-order valence-corrected chi connectivity index (χ2v) is 6.70. The van der Waals surface area contributed by atoms with Gasteiger partial charge in [-0.25, -0.2) is 0 Å². The summed E-state index contributed by atoms with van der Waals surface area (Å²) >= 11 is 5.74. The Morgan fingerprint density at radius 1 is 1.14 bits per heavy atom. The third-order valence-electron chi connectivity index (χ3n) is 3.16. The minimum Gasteiger partial charge on any atom is -0.493 e. The van der Waals surface area contributed by atoms with Crippen molar-refractivity contribution in [2.75, 3.05) is 19.5 Å². The summed E-state index contributed by atoms with van der Waals surface area (Å²) in [5.41, 5.74) is 3.49. The molecule has 2 rings (SSSR count). The first-order valence-corrected chi connectivity index (χ1v) is 8.32. The minimum atomic E-state index is 0.735. The van der Waals surface area contributed by atoms with Gasteiger partial charge in [0.1, 0.15) is 0 Å². The van der Waals surface area contributed by atoms with Gasteiger partial charge in [-0.05, 0) is 71.0 Å². The molecule has 2 aromatic rings. The van der Waals surface area contributed by atoms with Gasteiger partial charge in [-0.15, -0.1) is 0 Å². The molecule has 0 bridgehead atoms. The lowest BCUT2D eigenvalue weighted by atomic mass is 10.1. The van der Waals surface area contributed by atoms with E-state index in [0.717, 1.165) is 37.3 Å². The number of hydrogen-bond donors (Lipinski definition) is 1. The molecule has 3 nitrogen and oxygen atoms in total. The van der Waals surface area contributed by atoms with Crippen LogP contribution in [0.4, 0.5) is 5.69 Å². The van der Waals surface area contributed by atoms with Crippen LogP contribution in [0.1, 0.15) is 11.1 Å². The van der Waals surface area contributed by atoms with Crippen LogP contribution in [-0.4, -0.2) is 14.2 Å². The van der Waals surface area contributed by atoms with Crippen molar-refractivity contribution < 1.29 is 9.47 Å². The van der Waals surface area contributed by atoms with E-state index in [4.69, 9.17) is 9.47 Å². The van der Waals surface area contributed by atoms with Gasteiger partial charge in [-0.1, -0.05) is 15.9 Å². The van der Waals surface area contributed by atoms with Crippen molar-refractivity contribution in [3.8, 4) is 11.5 Å². The van der Waals surface area contributed by atoms with Gasteiger partial charge in [0.2, 0.25) is 0 Å². The molecule has 0 saturated heterocycles. The summed E-state index contributed by atoms with van der Waals surface area (Å²) in [6, 6.07) is 10.3. The Labute approximate surface area is 147 Å². The van der Waals surface area contributed by atoms with E-state index in [1.54, 1.807) is 14.2 Å². The smallest absolute Gasteiger partial charge is 0.174 e. The van der Waals surface area contributed by atoms with E-state index < -0.39 is 0 Å². The van der Waals surface area contributed by atoms with Crippen LogP contribution in [0.2, 0.25) is 0 Å². The van der Waals surface area contributed by atoms with Crippen molar-refractivity contribution in [2.45, 2.75) is 13.5 Å². The molecule has 0 aromatic heterocycles. The molecule has 0 amide bonds. The van der Waals surface area contributed by atoms with Crippen LogP contribution in [0.25, 0.3) is 0 Å². The standard InChI is InChI=1S/C16H17BrINO2/c1-10-6-12(17)4-5-14(10)19-9-11-7-13(18)16(21-3)15(8-11)20-2/h4-8,19H,9H2,1-3H3. The van der Waals surface area contributed by atoms with Crippen LogP contribution >= 0.6 is 38.5 Å². The molecule has 0 radical (unpaired) electrons. The van der Waals surface area contributed by atoms with E-state index in [2.05, 4.69) is 69.0 Å². The predicted octanol–water partition coefficient (Wildman–Crippen LogP) is 4.99. The summed E-state index contributed by atoms with van der Waals surface area (Å²) in [7, 11) is 3.31. The van der Waals surface area contributed by atoms with Gasteiger partial charge in [0.15, 0.2) is 11.5 Å². The van der Waals surface area contributed by atoms with Crippen LogP contribution in [-0.2, 0) is 6.54 Å². The zero-order chi connectivity index (χ0) is 15.4. The highest BCUT2D eigenvalue weighted by Crippen LogP contribution is 2.33. The summed E-state index contributed by atoms with van der Waals surface area (Å²) in [6.07, 6.45) is 0. The summed E-state index contributed by atoms with van der Waals surface area (Å²) in [5.74, 6) is 1.54. The Hall–Kier alpha value is -0.950. The molecular weight excluding hydrogens is 445 g/mol. The van der Waals surface area contributed by atoms with Crippen LogP contribution in [0, 0.1) is 10.5 Å². The van der Waals surface area contributed by atoms with E-state index in [1.165, 1.54) is 5.56 Å². The van der Waals surface area contributed by atoms with E-state index in [9.17, 15) is 0 Å². The zero-order valence-electron chi connectivity index (χ0n) is 12.2. The summed E-state index contributed by atoms with van der Waals surface area (Å²) < 4.78 is 12.9. The number of aryl methyl sites for hydroxylation is 1. The SMILES string of the molecule is COc1cc(CNc2ccc(Br)cc2C)cc(I)c1OC. The molecule has 0 aliphatic heterocycles. The molecule has 0 atom stereocenters. The summed E-state index contributed by atoms with van der Waals surface area (Å²) in [4.78, 5) is 0. The lowest BCUT2D eigenvalue weighted by Gasteiger charge is -2.14. The van der Waals surface area contributed by atoms with Gasteiger partial charge in [0.25, 0.3) is 0 Å². The molecule has 2 aromatic carbocycles. The van der Waals surface area contributed by atoms with E-state index in [1.807, 2.05) is 12.1 Å². The first-order valence-electron chi connectivity index (χ1n) is 6.45. The highest BCUT2D eigenvalue weighted by molar-refractivity contribution is 14.1. The number of benzene rings is 2. The Kier molecular flexibility index (Phi) is 5.75. The third kappa shape index (κ3) is 4.03. The molecule has 0 fully saturated rings. The van der Waals surface area contributed by atoms with Gasteiger partial charge in [0, 0.05) is 16.7 Å². The van der Waals surface area contributed by atoms with Gasteiger partial charge in [-0.2, -0.15) is 0 Å². The van der Waals surface area contributed by atoms with Crippen LogP contribution in [0.3, 0.4) is 0 Å². The normalized spacial score (nSPS) is 10.3. The first-order chi connectivity index (χ1) is 10.0. The largest absolute Gasteiger partial charge is 0.493 e. The fourth-order valence-corrected chi connectivity index (χ4v) is 3.46. The zero-order valence-corrected chi connectivity index (χ0v) is 15.9. The number of hydrogen-bond acceptors (Lipinski definition) is 3. The maximum absolute atomic E-state index is 5.39. The van der Waals surface area contributed by atoms with Gasteiger partial charge in [0.05, 0.1) is 17.8 Å². The number of ether oxygens (including phenoxy) is 2. The molecule has 0 spiro atoms. The number of methoxy groups -OCH3 is 2. The molecule has 0 heterocycles. The van der Waals surface area contributed by atoms with Crippen molar-refractivity contribution in [1.82, 2.24) is 0 Å². The van der Waals surface area contributed by atoms with Crippen molar-refractivity contribution in [1.29, 1.82) is 0 Å². The fourth-order valence-electron chi connectivity index (χ4n) is 2.10. The van der Waals surface area contributed by atoms with Crippen molar-refractivity contribution in [3.63, 3.8) is 0 Å². The average Bonchev–Trinajstić information content (AvgIpc) is 2.45. The third-order valence-corrected chi connectivity index (χ3v) is 4.46. The van der Waals surface area contributed by atoms with E-state index >= 15 is 0 Å². The second-order valence-electron chi connectivity index (χ2n) is 4.63. The van der Waals surface area contributed by atoms with Crippen LogP contribution < -0.4 is 14.8 Å². The molecule has 112 valence electrons. The minimum absolute atomic E-state index is 0.735. The Balaban J connectivity index is 2.18. The van der Waals surface area contributed by atoms with Gasteiger partial charge in [-0.3, -0.25) is 0 Å². The number of anilines is 1. The number of rotatable bonds is 5. The van der Waals surface area contributed by atoms with Crippen molar-refractivity contribution >= 4 is 44.2 Å². The molecular formula is C16H17BrINO2. The van der Waals surface area contributed by atoms with Crippen molar-refractivity contribution in [3.05, 3.63) is 49.5 Å². The summed E-state index contributed by atoms with van der Waals surface area (Å²) in [6.45, 7) is 2.82. The Morgan fingerprint density at radius 2 is 1.90 bits per heavy atom. The maximum atomic E-state index is 5.39. The number of nitrogens with one attached hydrogen (secondary N) is 1. The lowest BCUT2D eigenvalue weighted by Crippen LogP contribution is -2.03. The summed E-state index contributed by atoms with van der Waals surface area (Å²) in [5, 5.41) is 3.45. The molecule has 5 heteroatoms. The first kappa shape index (κ1) is 16.4. The van der Waals surface area contributed by atoms with E-state index in [0.29, 0.717) is 0 Å². The highest BCUT2D eigenvalue weighted by atomic mass is 127. The maximum Gasteiger partial charge on any atom is 0.174 e. The quantitative estimate of drug-likeness (QED) is 0.636. The van der Waals surface area contributed by atoms with E-state index in [-0.39, 0.29) is 0 Å². The molecule has 0 aliphatic carbocycles. The lowest BCUT2D eigenvalue weighted by molar-refractivity contribution is 0.352. The van der Waals surface area contributed by atoms with Crippen molar-refractivity contribution in [2.24, 2.45) is 0 Å². The molecule has 21 heavy (non-hydrogen) atoms. The molecule has 0 unspecified atom stereocenters.